The first-order valence-corrected chi connectivity index (χ1v) is 5.50. The molecular formula is C11H23N3. The average Bonchev–Trinajstić information content (AvgIpc) is 2.18. The molecule has 14 heavy (non-hydrogen) atoms. The summed E-state index contributed by atoms with van der Waals surface area (Å²) in [5.41, 5.74) is 1.30. The van der Waals surface area contributed by atoms with Gasteiger partial charge in [0.1, 0.15) is 0 Å². The van der Waals surface area contributed by atoms with Gasteiger partial charge < -0.3 is 10.2 Å². The molecule has 0 amide bonds. The quantitative estimate of drug-likeness (QED) is 0.644. The zero-order chi connectivity index (χ0) is 10.4. The largest absolute Gasteiger partial charge is 0.313 e. The lowest BCUT2D eigenvalue weighted by molar-refractivity contribution is 0.163. The second kappa shape index (κ2) is 6.17. The Morgan fingerprint density at radius 3 is 2.50 bits per heavy atom. The van der Waals surface area contributed by atoms with Crippen LogP contribution >= 0.6 is 0 Å². The number of nitrogens with zero attached hydrogens (tertiary/aromatic N) is 2. The molecule has 0 atom stereocenters. The van der Waals surface area contributed by atoms with E-state index in [1.54, 1.807) is 0 Å². The van der Waals surface area contributed by atoms with Crippen LogP contribution < -0.4 is 5.32 Å². The van der Waals surface area contributed by atoms with Gasteiger partial charge in [0.25, 0.3) is 0 Å². The van der Waals surface area contributed by atoms with Gasteiger partial charge in [-0.1, -0.05) is 13.5 Å². The van der Waals surface area contributed by atoms with E-state index in [9.17, 15) is 0 Å². The van der Waals surface area contributed by atoms with Crippen molar-refractivity contribution in [2.24, 2.45) is 0 Å². The van der Waals surface area contributed by atoms with Crippen molar-refractivity contribution in [2.75, 3.05) is 52.9 Å². The van der Waals surface area contributed by atoms with Gasteiger partial charge in [0, 0.05) is 39.3 Å². The summed E-state index contributed by atoms with van der Waals surface area (Å²) in [6, 6.07) is 0. The number of rotatable bonds is 5. The normalized spacial score (nSPS) is 19.9. The molecule has 0 aliphatic carbocycles. The van der Waals surface area contributed by atoms with Crippen LogP contribution in [0.1, 0.15) is 6.92 Å². The fourth-order valence-electron chi connectivity index (χ4n) is 1.68. The number of piperazine rings is 1. The van der Waals surface area contributed by atoms with E-state index in [0.717, 1.165) is 19.6 Å². The zero-order valence-corrected chi connectivity index (χ0v) is 9.55. The molecule has 0 aromatic heterocycles. The summed E-state index contributed by atoms with van der Waals surface area (Å²) in [7, 11) is 2.19. The number of likely N-dealkylation sites (N-methyl/N-ethyl adjacent to an activating group) is 2. The van der Waals surface area contributed by atoms with E-state index in [2.05, 4.69) is 35.7 Å². The van der Waals surface area contributed by atoms with E-state index in [1.807, 2.05) is 0 Å². The molecule has 3 heteroatoms. The fraction of sp³-hybridized carbons (Fsp3) is 0.818. The smallest absolute Gasteiger partial charge is 0.0203 e. The Kier molecular flexibility index (Phi) is 5.15. The number of hydrogen-bond acceptors (Lipinski definition) is 3. The molecule has 3 nitrogen and oxygen atoms in total. The van der Waals surface area contributed by atoms with Crippen molar-refractivity contribution in [2.45, 2.75) is 6.92 Å². The minimum Gasteiger partial charge on any atom is -0.313 e. The van der Waals surface area contributed by atoms with E-state index < -0.39 is 0 Å². The van der Waals surface area contributed by atoms with Gasteiger partial charge >= 0.3 is 0 Å². The highest BCUT2D eigenvalue weighted by atomic mass is 15.2. The van der Waals surface area contributed by atoms with Crippen molar-refractivity contribution in [3.05, 3.63) is 12.2 Å². The molecule has 1 heterocycles. The predicted octanol–water partition coefficient (Wildman–Crippen LogP) is 0.400. The Labute approximate surface area is 87.8 Å². The van der Waals surface area contributed by atoms with E-state index in [0.29, 0.717) is 0 Å². The topological polar surface area (TPSA) is 18.5 Å². The van der Waals surface area contributed by atoms with Gasteiger partial charge in [-0.3, -0.25) is 4.90 Å². The molecule has 0 unspecified atom stereocenters. The van der Waals surface area contributed by atoms with Gasteiger partial charge in [-0.25, -0.2) is 0 Å². The Bertz CT molecular complexity index is 171. The van der Waals surface area contributed by atoms with Crippen LogP contribution in [-0.4, -0.2) is 62.7 Å². The second-order valence-corrected chi connectivity index (χ2v) is 4.11. The SMILES string of the molecule is C=C(CNCC)CN1CCN(C)CC1. The zero-order valence-electron chi connectivity index (χ0n) is 9.55. The van der Waals surface area contributed by atoms with Crippen LogP contribution in [0.15, 0.2) is 12.2 Å². The maximum Gasteiger partial charge on any atom is 0.0203 e. The summed E-state index contributed by atoms with van der Waals surface area (Å²) in [6.07, 6.45) is 0. The Morgan fingerprint density at radius 2 is 1.93 bits per heavy atom. The van der Waals surface area contributed by atoms with E-state index in [4.69, 9.17) is 0 Å². The lowest BCUT2D eigenvalue weighted by atomic mass is 10.2. The summed E-state index contributed by atoms with van der Waals surface area (Å²) in [5, 5.41) is 3.31. The molecule has 0 bridgehead atoms. The van der Waals surface area contributed by atoms with Crippen molar-refractivity contribution in [3.8, 4) is 0 Å². The van der Waals surface area contributed by atoms with E-state index in [-0.39, 0.29) is 0 Å². The monoisotopic (exact) mass is 197 g/mol. The van der Waals surface area contributed by atoms with E-state index in [1.165, 1.54) is 31.8 Å². The van der Waals surface area contributed by atoms with Crippen molar-refractivity contribution in [1.29, 1.82) is 0 Å². The summed E-state index contributed by atoms with van der Waals surface area (Å²) in [4.78, 5) is 4.86. The molecule has 0 saturated carbocycles. The lowest BCUT2D eigenvalue weighted by Crippen LogP contribution is -2.45. The molecule has 1 rings (SSSR count). The molecule has 0 radical (unpaired) electrons. The van der Waals surface area contributed by atoms with Crippen LogP contribution in [0.25, 0.3) is 0 Å². The third-order valence-corrected chi connectivity index (χ3v) is 2.67. The fourth-order valence-corrected chi connectivity index (χ4v) is 1.68. The van der Waals surface area contributed by atoms with Gasteiger partial charge in [-0.2, -0.15) is 0 Å². The van der Waals surface area contributed by atoms with Crippen LogP contribution in [0.3, 0.4) is 0 Å². The standard InChI is InChI=1S/C11H23N3/c1-4-12-9-11(2)10-14-7-5-13(3)6-8-14/h12H,2,4-10H2,1,3H3. The highest BCUT2D eigenvalue weighted by Gasteiger charge is 2.13. The minimum atomic E-state index is 0.961. The van der Waals surface area contributed by atoms with Crippen LogP contribution in [0.2, 0.25) is 0 Å². The molecule has 1 fully saturated rings. The molecule has 1 saturated heterocycles. The maximum atomic E-state index is 4.09. The van der Waals surface area contributed by atoms with Crippen LogP contribution in [0, 0.1) is 0 Å². The molecule has 1 aliphatic heterocycles. The van der Waals surface area contributed by atoms with Gasteiger partial charge in [-0.05, 0) is 19.2 Å². The van der Waals surface area contributed by atoms with E-state index >= 15 is 0 Å². The van der Waals surface area contributed by atoms with Crippen molar-refractivity contribution < 1.29 is 0 Å². The molecule has 82 valence electrons. The summed E-state index contributed by atoms with van der Waals surface area (Å²) in [6.45, 7) is 14.0. The predicted molar refractivity (Wildman–Crippen MR) is 61.6 cm³/mol. The van der Waals surface area contributed by atoms with Crippen molar-refractivity contribution in [3.63, 3.8) is 0 Å². The van der Waals surface area contributed by atoms with Gasteiger partial charge in [-0.15, -0.1) is 0 Å². The van der Waals surface area contributed by atoms with Crippen molar-refractivity contribution in [1.82, 2.24) is 15.1 Å². The molecule has 1 aliphatic rings. The third-order valence-electron chi connectivity index (χ3n) is 2.67. The molecular weight excluding hydrogens is 174 g/mol. The number of nitrogens with one attached hydrogen (secondary N) is 1. The van der Waals surface area contributed by atoms with Crippen LogP contribution in [0.4, 0.5) is 0 Å². The summed E-state index contributed by atoms with van der Waals surface area (Å²) >= 11 is 0. The van der Waals surface area contributed by atoms with Crippen LogP contribution in [-0.2, 0) is 0 Å². The average molecular weight is 197 g/mol. The van der Waals surface area contributed by atoms with Gasteiger partial charge in [0.15, 0.2) is 0 Å². The Morgan fingerprint density at radius 1 is 1.29 bits per heavy atom. The molecule has 0 spiro atoms. The van der Waals surface area contributed by atoms with Crippen molar-refractivity contribution >= 4 is 0 Å². The molecule has 0 aromatic carbocycles. The van der Waals surface area contributed by atoms with Crippen LogP contribution in [0.5, 0.6) is 0 Å². The van der Waals surface area contributed by atoms with Gasteiger partial charge in [0.05, 0.1) is 0 Å². The molecule has 0 aromatic rings. The molecule has 1 N–H and O–H groups in total. The number of hydrogen-bond donors (Lipinski definition) is 1. The first-order valence-electron chi connectivity index (χ1n) is 5.50. The second-order valence-electron chi connectivity index (χ2n) is 4.11. The Balaban J connectivity index is 2.14. The summed E-state index contributed by atoms with van der Waals surface area (Å²) < 4.78 is 0. The highest BCUT2D eigenvalue weighted by molar-refractivity contribution is 5.00. The maximum absolute atomic E-state index is 4.09. The Hall–Kier alpha value is -0.380. The highest BCUT2D eigenvalue weighted by Crippen LogP contribution is 2.01. The summed E-state index contributed by atoms with van der Waals surface area (Å²) in [5.74, 6) is 0. The third kappa shape index (κ3) is 4.22. The minimum absolute atomic E-state index is 0.961. The lowest BCUT2D eigenvalue weighted by Gasteiger charge is -2.32. The first-order chi connectivity index (χ1) is 6.72. The van der Waals surface area contributed by atoms with Gasteiger partial charge in [0.2, 0.25) is 0 Å². The first kappa shape index (κ1) is 11.7.